The zero-order valence-electron chi connectivity index (χ0n) is 20.7. The molecule has 10 heteroatoms. The molecule has 0 saturated carbocycles. The van der Waals surface area contributed by atoms with Crippen LogP contribution in [0.5, 0.6) is 0 Å². The summed E-state index contributed by atoms with van der Waals surface area (Å²) in [4.78, 5) is 23.2. The van der Waals surface area contributed by atoms with Gasteiger partial charge in [-0.05, 0) is 55.5 Å². The minimum Gasteiger partial charge on any atom is -0.384 e. The first-order valence-corrected chi connectivity index (χ1v) is 12.8. The third-order valence-corrected chi connectivity index (χ3v) is 7.00. The van der Waals surface area contributed by atoms with E-state index in [0.717, 1.165) is 44.1 Å². The zero-order chi connectivity index (χ0) is 26.1. The van der Waals surface area contributed by atoms with Gasteiger partial charge < -0.3 is 16.0 Å². The number of amides is 1. The minimum absolute atomic E-state index is 0.244. The highest BCUT2D eigenvalue weighted by Crippen LogP contribution is 2.33. The molecular formula is C28H24N8OS. The van der Waals surface area contributed by atoms with Gasteiger partial charge in [0.1, 0.15) is 5.65 Å². The molecule has 4 heterocycles. The van der Waals surface area contributed by atoms with Gasteiger partial charge in [0.25, 0.3) is 5.91 Å². The zero-order valence-corrected chi connectivity index (χ0v) is 21.5. The second kappa shape index (κ2) is 9.83. The predicted octanol–water partition coefficient (Wildman–Crippen LogP) is 5.99. The molecule has 6 aromatic rings. The summed E-state index contributed by atoms with van der Waals surface area (Å²) in [5.74, 6) is 0.215. The second-order valence-electron chi connectivity index (χ2n) is 8.58. The highest BCUT2D eigenvalue weighted by Gasteiger charge is 2.15. The number of aromatic nitrogens is 5. The molecule has 0 unspecified atom stereocenters. The quantitative estimate of drug-likeness (QED) is 0.239. The Bertz CT molecular complexity index is 1730. The van der Waals surface area contributed by atoms with Gasteiger partial charge in [-0.3, -0.25) is 9.20 Å². The summed E-state index contributed by atoms with van der Waals surface area (Å²) >= 11 is 1.55. The summed E-state index contributed by atoms with van der Waals surface area (Å²) in [7, 11) is 1.79. The van der Waals surface area contributed by atoms with Crippen LogP contribution in [0.4, 0.5) is 22.3 Å². The van der Waals surface area contributed by atoms with Crippen molar-refractivity contribution in [3.05, 3.63) is 103 Å². The molecule has 38 heavy (non-hydrogen) atoms. The fourth-order valence-corrected chi connectivity index (χ4v) is 5.15. The van der Waals surface area contributed by atoms with Crippen LogP contribution in [0.1, 0.15) is 16.1 Å². The number of nitrogens with zero attached hydrogens (tertiary/aromatic N) is 5. The summed E-state index contributed by atoms with van der Waals surface area (Å²) < 4.78 is 3.80. The molecule has 6 rings (SSSR count). The molecular weight excluding hydrogens is 496 g/mol. The SMILES string of the molecule is CNc1cn(-c2ccccc2)nc1NC(=O)c1ccc(Nc2ncc(-c3c(C)nc4ccccn34)s2)cc1. The van der Waals surface area contributed by atoms with Crippen molar-refractivity contribution in [2.24, 2.45) is 0 Å². The van der Waals surface area contributed by atoms with Crippen LogP contribution in [0.3, 0.4) is 0 Å². The van der Waals surface area contributed by atoms with Gasteiger partial charge in [-0.25, -0.2) is 14.6 Å². The number of anilines is 4. The fourth-order valence-electron chi connectivity index (χ4n) is 4.22. The molecule has 0 fully saturated rings. The van der Waals surface area contributed by atoms with Crippen molar-refractivity contribution >= 4 is 45.2 Å². The maximum Gasteiger partial charge on any atom is 0.256 e. The number of imidazole rings is 1. The van der Waals surface area contributed by atoms with Gasteiger partial charge in [0.2, 0.25) is 0 Å². The number of carbonyl (C=O) groups excluding carboxylic acids is 1. The molecule has 0 aliphatic heterocycles. The van der Waals surface area contributed by atoms with E-state index in [1.54, 1.807) is 35.2 Å². The molecule has 4 aromatic heterocycles. The largest absolute Gasteiger partial charge is 0.384 e. The molecule has 9 nitrogen and oxygen atoms in total. The van der Waals surface area contributed by atoms with Crippen molar-refractivity contribution in [2.45, 2.75) is 6.92 Å². The smallest absolute Gasteiger partial charge is 0.256 e. The number of rotatable bonds is 7. The third kappa shape index (κ3) is 4.48. The van der Waals surface area contributed by atoms with Crippen LogP contribution in [-0.4, -0.2) is 37.1 Å². The Labute approximate surface area is 222 Å². The van der Waals surface area contributed by atoms with E-state index in [1.165, 1.54) is 0 Å². The first-order valence-electron chi connectivity index (χ1n) is 12.0. The first-order chi connectivity index (χ1) is 18.6. The Morgan fingerprint density at radius 2 is 1.76 bits per heavy atom. The Balaban J connectivity index is 1.16. The van der Waals surface area contributed by atoms with Crippen LogP contribution in [-0.2, 0) is 0 Å². The van der Waals surface area contributed by atoms with Crippen molar-refractivity contribution in [2.75, 3.05) is 23.0 Å². The number of hydrogen-bond donors (Lipinski definition) is 3. The first kappa shape index (κ1) is 23.4. The van der Waals surface area contributed by atoms with Gasteiger partial charge in [-0.15, -0.1) is 5.10 Å². The summed E-state index contributed by atoms with van der Waals surface area (Å²) in [5, 5.41) is 14.6. The standard InChI is InChI=1S/C28H24N8OS/c1-18-25(35-15-7-6-10-24(35)31-18)23-16-30-28(38-23)32-20-13-11-19(12-14-20)27(37)33-26-22(29-2)17-36(34-26)21-8-4-3-5-9-21/h3-17,29H,1-2H3,(H,30,32)(H,33,34,37). The van der Waals surface area contributed by atoms with E-state index in [0.29, 0.717) is 11.4 Å². The van der Waals surface area contributed by atoms with Crippen LogP contribution >= 0.6 is 11.3 Å². The lowest BCUT2D eigenvalue weighted by Crippen LogP contribution is -2.13. The number of aryl methyl sites for hydroxylation is 1. The number of carbonyl (C=O) groups is 1. The monoisotopic (exact) mass is 520 g/mol. The molecule has 0 radical (unpaired) electrons. The van der Waals surface area contributed by atoms with E-state index < -0.39 is 0 Å². The molecule has 1 amide bonds. The number of hydrogen-bond acceptors (Lipinski definition) is 7. The van der Waals surface area contributed by atoms with E-state index in [2.05, 4.69) is 35.4 Å². The minimum atomic E-state index is -0.244. The van der Waals surface area contributed by atoms with E-state index in [9.17, 15) is 4.79 Å². The number of benzene rings is 2. The van der Waals surface area contributed by atoms with Crippen molar-refractivity contribution < 1.29 is 4.79 Å². The van der Waals surface area contributed by atoms with Crippen LogP contribution < -0.4 is 16.0 Å². The number of fused-ring (bicyclic) bond motifs is 1. The highest BCUT2D eigenvalue weighted by molar-refractivity contribution is 7.18. The van der Waals surface area contributed by atoms with Crippen molar-refractivity contribution in [1.82, 2.24) is 24.1 Å². The van der Waals surface area contributed by atoms with Gasteiger partial charge in [0.15, 0.2) is 10.9 Å². The second-order valence-corrected chi connectivity index (χ2v) is 9.61. The Hall–Kier alpha value is -4.96. The lowest BCUT2D eigenvalue weighted by molar-refractivity contribution is 0.102. The summed E-state index contributed by atoms with van der Waals surface area (Å²) in [6, 6.07) is 23.0. The summed E-state index contributed by atoms with van der Waals surface area (Å²) in [5.41, 5.74) is 5.88. The Morgan fingerprint density at radius 1 is 0.974 bits per heavy atom. The number of para-hydroxylation sites is 1. The maximum absolute atomic E-state index is 12.9. The average molecular weight is 521 g/mol. The molecule has 0 bridgehead atoms. The van der Waals surface area contributed by atoms with E-state index in [-0.39, 0.29) is 5.91 Å². The number of pyridine rings is 1. The molecule has 0 atom stereocenters. The van der Waals surface area contributed by atoms with E-state index in [1.807, 2.05) is 86.2 Å². The molecule has 0 spiro atoms. The van der Waals surface area contributed by atoms with Crippen molar-refractivity contribution in [3.63, 3.8) is 0 Å². The third-order valence-electron chi connectivity index (χ3n) is 6.08. The fraction of sp³-hybridized carbons (Fsp3) is 0.0714. The molecule has 0 aliphatic rings. The molecule has 3 N–H and O–H groups in total. The normalized spacial score (nSPS) is 11.0. The van der Waals surface area contributed by atoms with Crippen molar-refractivity contribution in [1.29, 1.82) is 0 Å². The molecule has 2 aromatic carbocycles. The summed E-state index contributed by atoms with van der Waals surface area (Å²) in [6.45, 7) is 2.00. The van der Waals surface area contributed by atoms with Gasteiger partial charge in [-0.2, -0.15) is 0 Å². The van der Waals surface area contributed by atoms with Crippen LogP contribution in [0, 0.1) is 6.92 Å². The topological polar surface area (TPSA) is 101 Å². The van der Waals surface area contributed by atoms with Gasteiger partial charge >= 0.3 is 0 Å². The number of thiazole rings is 1. The van der Waals surface area contributed by atoms with Gasteiger partial charge in [0.05, 0.1) is 33.8 Å². The van der Waals surface area contributed by atoms with Gasteiger partial charge in [-0.1, -0.05) is 35.6 Å². The van der Waals surface area contributed by atoms with Crippen LogP contribution in [0.15, 0.2) is 91.4 Å². The van der Waals surface area contributed by atoms with Crippen LogP contribution in [0.2, 0.25) is 0 Å². The van der Waals surface area contributed by atoms with E-state index in [4.69, 9.17) is 0 Å². The Kier molecular flexibility index (Phi) is 6.06. The lowest BCUT2D eigenvalue weighted by atomic mass is 10.2. The molecule has 0 aliphatic carbocycles. The van der Waals surface area contributed by atoms with Gasteiger partial charge in [0, 0.05) is 30.7 Å². The number of nitrogens with one attached hydrogen (secondary N) is 3. The summed E-state index contributed by atoms with van der Waals surface area (Å²) in [6.07, 6.45) is 5.70. The van der Waals surface area contributed by atoms with Crippen molar-refractivity contribution in [3.8, 4) is 16.3 Å². The lowest BCUT2D eigenvalue weighted by Gasteiger charge is -2.06. The predicted molar refractivity (Wildman–Crippen MR) is 152 cm³/mol. The maximum atomic E-state index is 12.9. The van der Waals surface area contributed by atoms with Crippen LogP contribution in [0.25, 0.3) is 21.9 Å². The highest BCUT2D eigenvalue weighted by atomic mass is 32.1. The Morgan fingerprint density at radius 3 is 2.55 bits per heavy atom. The molecule has 188 valence electrons. The average Bonchev–Trinajstić information content (AvgIpc) is 3.65. The molecule has 0 saturated heterocycles. The van der Waals surface area contributed by atoms with E-state index >= 15 is 0 Å².